The minimum Gasteiger partial charge on any atom is -0.386 e. The van der Waals surface area contributed by atoms with Crippen LogP contribution in [0.3, 0.4) is 0 Å². The molecule has 2 fully saturated rings. The summed E-state index contributed by atoms with van der Waals surface area (Å²) in [4.78, 5) is 49.3. The summed E-state index contributed by atoms with van der Waals surface area (Å²) in [5.41, 5.74) is 12.6. The highest BCUT2D eigenvalue weighted by atomic mass is 16.3. The highest BCUT2D eigenvalue weighted by molar-refractivity contribution is 6.02. The van der Waals surface area contributed by atoms with Crippen LogP contribution < -0.4 is 22.1 Å². The SMILES string of the molecule is CC(C)c1cccc(C(=O)NC2CN3C(N)=N[C@@H](CN4C(=O)CCC4=O)C4N=C(N)NC43C2O)c1. The fourth-order valence-corrected chi connectivity index (χ4v) is 5.49. The molecule has 1 spiro atoms. The monoisotopic (exact) mass is 482 g/mol. The van der Waals surface area contributed by atoms with Crippen LogP contribution in [0.2, 0.25) is 0 Å². The summed E-state index contributed by atoms with van der Waals surface area (Å²) in [7, 11) is 0. The number of imide groups is 1. The standard InChI is InChI=1S/C23H30N8O4/c1-11(2)12-4-3-5-13(8-12)20(35)26-15-10-31-22(25)27-14(9-30-16(32)6-7-17(30)33)18-23(31,19(15)34)29-21(24)28-18/h3-5,8,11,14-15,18-19,34H,6-7,9-10H2,1-2H3,(H2,25,27)(H,26,35)(H3,24,28,29)/t14-,15?,18?,19?,23?/m0/s1. The van der Waals surface area contributed by atoms with Crippen LogP contribution in [0.5, 0.6) is 0 Å². The predicted molar refractivity (Wildman–Crippen MR) is 127 cm³/mol. The second kappa shape index (κ2) is 8.22. The van der Waals surface area contributed by atoms with Crippen molar-refractivity contribution in [2.45, 2.75) is 62.5 Å². The van der Waals surface area contributed by atoms with E-state index in [9.17, 15) is 19.5 Å². The van der Waals surface area contributed by atoms with Crippen LogP contribution in [0.15, 0.2) is 34.3 Å². The van der Waals surface area contributed by atoms with Crippen molar-refractivity contribution in [2.75, 3.05) is 13.1 Å². The van der Waals surface area contributed by atoms with Gasteiger partial charge in [-0.25, -0.2) is 9.98 Å². The number of likely N-dealkylation sites (tertiary alicyclic amines) is 1. The molecule has 0 radical (unpaired) electrons. The number of aliphatic hydroxyl groups excluding tert-OH is 1. The molecule has 7 N–H and O–H groups in total. The maximum Gasteiger partial charge on any atom is 0.251 e. The Bertz CT molecular complexity index is 1130. The Labute approximate surface area is 202 Å². The van der Waals surface area contributed by atoms with Crippen LogP contribution >= 0.6 is 0 Å². The molecule has 4 aliphatic rings. The summed E-state index contributed by atoms with van der Waals surface area (Å²) >= 11 is 0. The lowest BCUT2D eigenvalue weighted by atomic mass is 9.87. The number of carbonyl (C=O) groups is 3. The number of aliphatic imine (C=N–C) groups is 2. The van der Waals surface area contributed by atoms with Gasteiger partial charge in [0.05, 0.1) is 18.6 Å². The average Bonchev–Trinajstić information content (AvgIpc) is 3.43. The molecule has 12 heteroatoms. The van der Waals surface area contributed by atoms with Gasteiger partial charge >= 0.3 is 0 Å². The lowest BCUT2D eigenvalue weighted by Crippen LogP contribution is -2.73. The molecule has 0 aromatic heterocycles. The van der Waals surface area contributed by atoms with Crippen LogP contribution in [0.4, 0.5) is 0 Å². The van der Waals surface area contributed by atoms with Crippen LogP contribution in [0.25, 0.3) is 0 Å². The number of rotatable bonds is 5. The molecule has 1 aromatic carbocycles. The molecule has 186 valence electrons. The number of benzene rings is 1. The van der Waals surface area contributed by atoms with E-state index in [1.54, 1.807) is 11.0 Å². The van der Waals surface area contributed by atoms with Gasteiger partial charge in [-0.3, -0.25) is 19.3 Å². The van der Waals surface area contributed by atoms with Crippen molar-refractivity contribution in [3.05, 3.63) is 35.4 Å². The van der Waals surface area contributed by atoms with Gasteiger partial charge in [0.2, 0.25) is 11.8 Å². The number of nitrogens with two attached hydrogens (primary N) is 2. The number of amides is 3. The van der Waals surface area contributed by atoms with E-state index in [1.165, 1.54) is 0 Å². The maximum atomic E-state index is 13.1. The zero-order chi connectivity index (χ0) is 25.1. The first-order chi connectivity index (χ1) is 16.6. The van der Waals surface area contributed by atoms with Crippen molar-refractivity contribution in [3.8, 4) is 0 Å². The fourth-order valence-electron chi connectivity index (χ4n) is 5.49. The first-order valence-electron chi connectivity index (χ1n) is 11.8. The van der Waals surface area contributed by atoms with Gasteiger partial charge in [0, 0.05) is 24.9 Å². The van der Waals surface area contributed by atoms with Crippen molar-refractivity contribution >= 4 is 29.6 Å². The molecule has 0 saturated carbocycles. The Morgan fingerprint density at radius 1 is 1.26 bits per heavy atom. The third-order valence-electron chi connectivity index (χ3n) is 7.31. The molecule has 0 aliphatic carbocycles. The molecule has 3 amide bonds. The van der Waals surface area contributed by atoms with E-state index in [-0.39, 0.29) is 61.5 Å². The molecule has 35 heavy (non-hydrogen) atoms. The summed E-state index contributed by atoms with van der Waals surface area (Å²) in [6.07, 6.45) is -0.841. The maximum absolute atomic E-state index is 13.1. The summed E-state index contributed by atoms with van der Waals surface area (Å²) in [5, 5.41) is 17.5. The van der Waals surface area contributed by atoms with Crippen molar-refractivity contribution in [1.82, 2.24) is 20.4 Å². The molecule has 2 saturated heterocycles. The minimum atomic E-state index is -1.26. The Kier molecular flexibility index (Phi) is 5.42. The van der Waals surface area contributed by atoms with Gasteiger partial charge in [-0.2, -0.15) is 0 Å². The smallest absolute Gasteiger partial charge is 0.251 e. The van der Waals surface area contributed by atoms with Crippen molar-refractivity contribution in [3.63, 3.8) is 0 Å². The molecule has 4 aliphatic heterocycles. The average molecular weight is 483 g/mol. The largest absolute Gasteiger partial charge is 0.386 e. The number of hydrogen-bond donors (Lipinski definition) is 5. The van der Waals surface area contributed by atoms with Gasteiger partial charge < -0.3 is 32.1 Å². The van der Waals surface area contributed by atoms with E-state index in [0.29, 0.717) is 5.56 Å². The van der Waals surface area contributed by atoms with E-state index in [0.717, 1.165) is 10.5 Å². The molecule has 5 rings (SSSR count). The van der Waals surface area contributed by atoms with Crippen LogP contribution in [0.1, 0.15) is 48.5 Å². The van der Waals surface area contributed by atoms with Crippen LogP contribution in [-0.2, 0) is 9.59 Å². The zero-order valence-electron chi connectivity index (χ0n) is 19.6. The van der Waals surface area contributed by atoms with Crippen LogP contribution in [0, 0.1) is 0 Å². The lowest BCUT2D eigenvalue weighted by molar-refractivity contribution is -0.138. The minimum absolute atomic E-state index is 0.0111. The van der Waals surface area contributed by atoms with E-state index in [2.05, 4.69) is 20.6 Å². The Hall–Kier alpha value is -3.67. The van der Waals surface area contributed by atoms with Gasteiger partial charge in [0.15, 0.2) is 17.6 Å². The number of aliphatic hydroxyl groups is 1. The Morgan fingerprint density at radius 2 is 1.97 bits per heavy atom. The number of guanidine groups is 2. The molecule has 12 nitrogen and oxygen atoms in total. The number of nitrogens with zero attached hydrogens (tertiary/aromatic N) is 4. The second-order valence-electron chi connectivity index (χ2n) is 9.78. The van der Waals surface area contributed by atoms with Gasteiger partial charge in [0.25, 0.3) is 5.91 Å². The first kappa shape index (κ1) is 23.1. The quantitative estimate of drug-likeness (QED) is 0.312. The molecule has 4 unspecified atom stereocenters. The second-order valence-corrected chi connectivity index (χ2v) is 9.78. The van der Waals surface area contributed by atoms with Gasteiger partial charge in [-0.15, -0.1) is 0 Å². The number of hydrogen-bond acceptors (Lipinski definition) is 10. The molecule has 5 atom stereocenters. The third kappa shape index (κ3) is 3.59. The summed E-state index contributed by atoms with van der Waals surface area (Å²) in [6, 6.07) is 5.23. The summed E-state index contributed by atoms with van der Waals surface area (Å²) in [6.45, 7) is 4.26. The van der Waals surface area contributed by atoms with E-state index in [4.69, 9.17) is 11.5 Å². The zero-order valence-corrected chi connectivity index (χ0v) is 19.6. The van der Waals surface area contributed by atoms with Crippen molar-refractivity contribution in [1.29, 1.82) is 0 Å². The van der Waals surface area contributed by atoms with Crippen molar-refractivity contribution in [2.24, 2.45) is 21.5 Å². The number of nitrogens with one attached hydrogen (secondary N) is 2. The Morgan fingerprint density at radius 3 is 2.66 bits per heavy atom. The fraction of sp³-hybridized carbons (Fsp3) is 0.522. The normalized spacial score (nSPS) is 31.8. The summed E-state index contributed by atoms with van der Waals surface area (Å²) in [5.74, 6) is -0.409. The van der Waals surface area contributed by atoms with Crippen LogP contribution in [-0.4, -0.2) is 87.5 Å². The van der Waals surface area contributed by atoms with Gasteiger partial charge in [0.1, 0.15) is 12.1 Å². The van der Waals surface area contributed by atoms with Crippen molar-refractivity contribution < 1.29 is 19.5 Å². The van der Waals surface area contributed by atoms with E-state index in [1.807, 2.05) is 32.0 Å². The van der Waals surface area contributed by atoms with E-state index < -0.39 is 29.9 Å². The molecular formula is C23H30N8O4. The highest BCUT2D eigenvalue weighted by Gasteiger charge is 2.65. The highest BCUT2D eigenvalue weighted by Crippen LogP contribution is 2.40. The molecule has 0 bridgehead atoms. The topological polar surface area (TPSA) is 179 Å². The Balaban J connectivity index is 1.41. The van der Waals surface area contributed by atoms with Gasteiger partial charge in [-0.05, 0) is 23.6 Å². The lowest BCUT2D eigenvalue weighted by Gasteiger charge is -2.46. The third-order valence-corrected chi connectivity index (χ3v) is 7.31. The molecule has 4 heterocycles. The number of carbonyl (C=O) groups excluding carboxylic acids is 3. The first-order valence-corrected chi connectivity index (χ1v) is 11.8. The molecular weight excluding hydrogens is 452 g/mol. The van der Waals surface area contributed by atoms with E-state index >= 15 is 0 Å². The molecule has 1 aromatic rings. The summed E-state index contributed by atoms with van der Waals surface area (Å²) < 4.78 is 0. The predicted octanol–water partition coefficient (Wildman–Crippen LogP) is -1.59. The van der Waals surface area contributed by atoms with Gasteiger partial charge in [-0.1, -0.05) is 26.0 Å².